The van der Waals surface area contributed by atoms with Crippen LogP contribution >= 0.6 is 0 Å². The SMILES string of the molecule is Cc1cccc(C(C)NCc2cn(CC3CCOC3)nn2)c1C. The Hall–Kier alpha value is -1.72. The molecular formula is C18H26N4O. The van der Waals surface area contributed by atoms with Crippen molar-refractivity contribution in [1.82, 2.24) is 20.3 Å². The lowest BCUT2D eigenvalue weighted by molar-refractivity contribution is 0.181. The Morgan fingerprint density at radius 2 is 2.26 bits per heavy atom. The molecule has 1 fully saturated rings. The molecule has 1 aliphatic heterocycles. The molecule has 5 heteroatoms. The van der Waals surface area contributed by atoms with E-state index in [0.29, 0.717) is 12.0 Å². The highest BCUT2D eigenvalue weighted by Gasteiger charge is 2.17. The van der Waals surface area contributed by atoms with Crippen LogP contribution < -0.4 is 5.32 Å². The second-order valence-corrected chi connectivity index (χ2v) is 6.55. The number of ether oxygens (including phenoxy) is 1. The van der Waals surface area contributed by atoms with Crippen LogP contribution in [0.25, 0.3) is 0 Å². The maximum Gasteiger partial charge on any atom is 0.0965 e. The Labute approximate surface area is 138 Å². The number of aromatic nitrogens is 3. The van der Waals surface area contributed by atoms with Crippen LogP contribution in [-0.2, 0) is 17.8 Å². The van der Waals surface area contributed by atoms with Gasteiger partial charge in [0, 0.05) is 37.9 Å². The minimum absolute atomic E-state index is 0.295. The molecule has 1 saturated heterocycles. The lowest BCUT2D eigenvalue weighted by Crippen LogP contribution is -2.19. The molecule has 23 heavy (non-hydrogen) atoms. The summed E-state index contributed by atoms with van der Waals surface area (Å²) in [6.07, 6.45) is 3.16. The molecule has 2 aromatic rings. The van der Waals surface area contributed by atoms with Gasteiger partial charge in [-0.05, 0) is 43.9 Å². The Morgan fingerprint density at radius 1 is 1.39 bits per heavy atom. The van der Waals surface area contributed by atoms with Crippen LogP contribution in [0.1, 0.15) is 41.8 Å². The van der Waals surface area contributed by atoms with Crippen LogP contribution in [0.15, 0.2) is 24.4 Å². The second-order valence-electron chi connectivity index (χ2n) is 6.55. The molecule has 2 atom stereocenters. The zero-order valence-electron chi connectivity index (χ0n) is 14.2. The molecule has 3 rings (SSSR count). The monoisotopic (exact) mass is 314 g/mol. The molecule has 0 saturated carbocycles. The third kappa shape index (κ3) is 3.98. The zero-order valence-corrected chi connectivity index (χ0v) is 14.2. The third-order valence-electron chi connectivity index (χ3n) is 4.76. The van der Waals surface area contributed by atoms with Gasteiger partial charge in [0.05, 0.1) is 12.3 Å². The minimum atomic E-state index is 0.295. The first kappa shape index (κ1) is 16.1. The van der Waals surface area contributed by atoms with Crippen molar-refractivity contribution < 1.29 is 4.74 Å². The molecule has 2 unspecified atom stereocenters. The van der Waals surface area contributed by atoms with Crippen LogP contribution in [-0.4, -0.2) is 28.2 Å². The third-order valence-corrected chi connectivity index (χ3v) is 4.76. The smallest absolute Gasteiger partial charge is 0.0965 e. The van der Waals surface area contributed by atoms with E-state index < -0.39 is 0 Å². The molecule has 0 spiro atoms. The Kier molecular flexibility index (Phi) is 5.08. The maximum absolute atomic E-state index is 5.41. The summed E-state index contributed by atoms with van der Waals surface area (Å²) in [6.45, 7) is 9.89. The van der Waals surface area contributed by atoms with E-state index >= 15 is 0 Å². The van der Waals surface area contributed by atoms with Gasteiger partial charge in [0.25, 0.3) is 0 Å². The van der Waals surface area contributed by atoms with E-state index in [9.17, 15) is 0 Å². The lowest BCUT2D eigenvalue weighted by Gasteiger charge is -2.17. The number of hydrogen-bond donors (Lipinski definition) is 1. The van der Waals surface area contributed by atoms with E-state index in [-0.39, 0.29) is 0 Å². The Balaban J connectivity index is 1.55. The fourth-order valence-electron chi connectivity index (χ4n) is 3.11. The highest BCUT2D eigenvalue weighted by molar-refractivity contribution is 5.35. The zero-order chi connectivity index (χ0) is 16.2. The van der Waals surface area contributed by atoms with Crippen molar-refractivity contribution in [3.05, 3.63) is 46.8 Å². The van der Waals surface area contributed by atoms with E-state index in [2.05, 4.69) is 54.6 Å². The van der Waals surface area contributed by atoms with Crippen LogP contribution in [0.2, 0.25) is 0 Å². The molecule has 5 nitrogen and oxygen atoms in total. The van der Waals surface area contributed by atoms with Gasteiger partial charge in [0.2, 0.25) is 0 Å². The fraction of sp³-hybridized carbons (Fsp3) is 0.556. The second kappa shape index (κ2) is 7.23. The van der Waals surface area contributed by atoms with Crippen LogP contribution in [0.3, 0.4) is 0 Å². The van der Waals surface area contributed by atoms with Crippen LogP contribution in [0, 0.1) is 19.8 Å². The van der Waals surface area contributed by atoms with E-state index in [1.54, 1.807) is 0 Å². The van der Waals surface area contributed by atoms with Gasteiger partial charge < -0.3 is 10.1 Å². The topological polar surface area (TPSA) is 52.0 Å². The summed E-state index contributed by atoms with van der Waals surface area (Å²) >= 11 is 0. The van der Waals surface area contributed by atoms with Crippen molar-refractivity contribution in [2.75, 3.05) is 13.2 Å². The van der Waals surface area contributed by atoms with Gasteiger partial charge in [0.1, 0.15) is 0 Å². The van der Waals surface area contributed by atoms with Gasteiger partial charge >= 0.3 is 0 Å². The van der Waals surface area contributed by atoms with Crippen molar-refractivity contribution in [3.63, 3.8) is 0 Å². The molecule has 1 aromatic heterocycles. The molecule has 124 valence electrons. The number of hydrogen-bond acceptors (Lipinski definition) is 4. The van der Waals surface area contributed by atoms with Crippen molar-refractivity contribution >= 4 is 0 Å². The highest BCUT2D eigenvalue weighted by Crippen LogP contribution is 2.20. The lowest BCUT2D eigenvalue weighted by atomic mass is 9.98. The fourth-order valence-corrected chi connectivity index (χ4v) is 3.11. The van der Waals surface area contributed by atoms with Gasteiger partial charge in [-0.25, -0.2) is 0 Å². The van der Waals surface area contributed by atoms with E-state index in [1.165, 1.54) is 16.7 Å². The predicted molar refractivity (Wildman–Crippen MR) is 90.1 cm³/mol. The van der Waals surface area contributed by atoms with E-state index in [1.807, 2.05) is 10.9 Å². The number of rotatable bonds is 6. The molecule has 0 aliphatic carbocycles. The summed E-state index contributed by atoms with van der Waals surface area (Å²) in [6, 6.07) is 6.76. The number of aryl methyl sites for hydroxylation is 1. The first-order valence-corrected chi connectivity index (χ1v) is 8.39. The predicted octanol–water partition coefficient (Wildman–Crippen LogP) is 2.78. The summed E-state index contributed by atoms with van der Waals surface area (Å²) in [5, 5.41) is 12.1. The summed E-state index contributed by atoms with van der Waals surface area (Å²) in [5.74, 6) is 0.575. The maximum atomic E-state index is 5.41. The average Bonchev–Trinajstić information content (AvgIpc) is 3.20. The molecule has 1 aromatic carbocycles. The largest absolute Gasteiger partial charge is 0.381 e. The minimum Gasteiger partial charge on any atom is -0.381 e. The quantitative estimate of drug-likeness (QED) is 0.891. The van der Waals surface area contributed by atoms with Crippen molar-refractivity contribution in [3.8, 4) is 0 Å². The van der Waals surface area contributed by atoms with Gasteiger partial charge in [-0.3, -0.25) is 4.68 Å². The molecule has 0 bridgehead atoms. The van der Waals surface area contributed by atoms with Crippen LogP contribution in [0.4, 0.5) is 0 Å². The first-order chi connectivity index (χ1) is 11.1. The molecule has 1 aliphatic rings. The van der Waals surface area contributed by atoms with Crippen molar-refractivity contribution in [1.29, 1.82) is 0 Å². The van der Waals surface area contributed by atoms with Gasteiger partial charge in [0.15, 0.2) is 0 Å². The summed E-state index contributed by atoms with van der Waals surface area (Å²) in [5.41, 5.74) is 5.03. The van der Waals surface area contributed by atoms with E-state index in [0.717, 1.165) is 38.4 Å². The Morgan fingerprint density at radius 3 is 3.04 bits per heavy atom. The molecule has 2 heterocycles. The van der Waals surface area contributed by atoms with Crippen molar-refractivity contribution in [2.45, 2.75) is 46.3 Å². The van der Waals surface area contributed by atoms with Gasteiger partial charge in [-0.1, -0.05) is 23.4 Å². The average molecular weight is 314 g/mol. The molecule has 0 radical (unpaired) electrons. The van der Waals surface area contributed by atoms with Crippen LogP contribution in [0.5, 0.6) is 0 Å². The molecular weight excluding hydrogens is 288 g/mol. The Bertz CT molecular complexity index is 646. The summed E-state index contributed by atoms with van der Waals surface area (Å²) in [7, 11) is 0. The number of nitrogens with one attached hydrogen (secondary N) is 1. The normalized spacial score (nSPS) is 19.2. The van der Waals surface area contributed by atoms with Crippen molar-refractivity contribution in [2.24, 2.45) is 5.92 Å². The molecule has 0 amide bonds. The van der Waals surface area contributed by atoms with Gasteiger partial charge in [-0.15, -0.1) is 5.10 Å². The molecule has 1 N–H and O–H groups in total. The number of benzene rings is 1. The highest BCUT2D eigenvalue weighted by atomic mass is 16.5. The number of nitrogens with zero attached hydrogens (tertiary/aromatic N) is 3. The standard InChI is InChI=1S/C18H26N4O/c1-13-5-4-6-18(14(13)2)15(3)19-9-17-11-22(21-20-17)10-16-7-8-23-12-16/h4-6,11,15-16,19H,7-10,12H2,1-3H3. The van der Waals surface area contributed by atoms with E-state index in [4.69, 9.17) is 4.74 Å². The summed E-state index contributed by atoms with van der Waals surface area (Å²) < 4.78 is 7.35. The first-order valence-electron chi connectivity index (χ1n) is 8.39. The van der Waals surface area contributed by atoms with Gasteiger partial charge in [-0.2, -0.15) is 0 Å². The summed E-state index contributed by atoms with van der Waals surface area (Å²) in [4.78, 5) is 0.